The van der Waals surface area contributed by atoms with Gasteiger partial charge in [0.1, 0.15) is 11.5 Å². The van der Waals surface area contributed by atoms with Crippen molar-refractivity contribution in [3.63, 3.8) is 0 Å². The number of ether oxygens (including phenoxy) is 1. The van der Waals surface area contributed by atoms with Gasteiger partial charge in [-0.05, 0) is 63.6 Å². The molecule has 1 unspecified atom stereocenters. The van der Waals surface area contributed by atoms with E-state index in [-0.39, 0.29) is 6.04 Å². The second kappa shape index (κ2) is 12.7. The average molecular weight is 642 g/mol. The van der Waals surface area contributed by atoms with Crippen molar-refractivity contribution < 1.29 is 4.74 Å². The van der Waals surface area contributed by atoms with Gasteiger partial charge in [0.15, 0.2) is 0 Å². The fourth-order valence-electron chi connectivity index (χ4n) is 8.00. The van der Waals surface area contributed by atoms with Crippen LogP contribution in [0.5, 0.6) is 11.5 Å². The summed E-state index contributed by atoms with van der Waals surface area (Å²) in [7, 11) is 0. The molecule has 0 aliphatic carbocycles. The number of hydrogen-bond acceptors (Lipinski definition) is 2. The van der Waals surface area contributed by atoms with Gasteiger partial charge < -0.3 is 4.74 Å². The van der Waals surface area contributed by atoms with Crippen LogP contribution in [0.25, 0.3) is 16.7 Å². The highest BCUT2D eigenvalue weighted by Gasteiger charge is 2.46. The van der Waals surface area contributed by atoms with Gasteiger partial charge in [0, 0.05) is 16.7 Å². The minimum absolute atomic E-state index is 0.0726. The number of dihydropyridines is 1. The molecule has 238 valence electrons. The Hall–Kier alpha value is -6.25. The molecule has 2 heteroatoms. The zero-order valence-electron chi connectivity index (χ0n) is 27.6. The molecule has 0 N–H and O–H groups in total. The summed E-state index contributed by atoms with van der Waals surface area (Å²) in [5.74, 6) is 1.73. The fourth-order valence-corrected chi connectivity index (χ4v) is 8.00. The molecule has 0 radical (unpaired) electrons. The molecule has 50 heavy (non-hydrogen) atoms. The molecule has 2 heterocycles. The van der Waals surface area contributed by atoms with Crippen LogP contribution in [0.4, 0.5) is 0 Å². The molecule has 0 fully saturated rings. The highest BCUT2D eigenvalue weighted by atomic mass is 16.5. The predicted octanol–water partition coefficient (Wildman–Crippen LogP) is 11.9. The first kappa shape index (κ1) is 29.9. The molecule has 2 aliphatic rings. The van der Waals surface area contributed by atoms with Crippen LogP contribution in [0.1, 0.15) is 51.4 Å². The van der Waals surface area contributed by atoms with Crippen molar-refractivity contribution >= 4 is 11.3 Å². The summed E-state index contributed by atoms with van der Waals surface area (Å²) in [6.07, 6.45) is 3.13. The van der Waals surface area contributed by atoms with Gasteiger partial charge in [-0.15, -0.1) is 0 Å². The third-order valence-electron chi connectivity index (χ3n) is 10.2. The van der Waals surface area contributed by atoms with E-state index in [9.17, 15) is 0 Å². The Morgan fingerprint density at radius 1 is 0.460 bits per heavy atom. The molecule has 7 aromatic rings. The highest BCUT2D eigenvalue weighted by molar-refractivity contribution is 6.14. The van der Waals surface area contributed by atoms with E-state index in [2.05, 4.69) is 194 Å². The molecule has 0 aromatic heterocycles. The van der Waals surface area contributed by atoms with Crippen molar-refractivity contribution in [2.45, 2.75) is 17.9 Å². The molecular formula is C48H35NO. The molecule has 1 atom stereocenters. The van der Waals surface area contributed by atoms with Crippen LogP contribution in [-0.2, 0) is 5.41 Å². The molecule has 0 bridgehead atoms. The van der Waals surface area contributed by atoms with Gasteiger partial charge in [-0.25, -0.2) is 0 Å². The number of rotatable bonds is 6. The van der Waals surface area contributed by atoms with Crippen molar-refractivity contribution in [3.8, 4) is 22.6 Å². The summed E-state index contributed by atoms with van der Waals surface area (Å²) >= 11 is 0. The van der Waals surface area contributed by atoms with E-state index in [1.807, 2.05) is 0 Å². The van der Waals surface area contributed by atoms with Crippen LogP contribution >= 0.6 is 0 Å². The van der Waals surface area contributed by atoms with Crippen molar-refractivity contribution in [3.05, 3.63) is 233 Å². The van der Waals surface area contributed by atoms with E-state index in [0.717, 1.165) is 40.3 Å². The Morgan fingerprint density at radius 3 is 1.62 bits per heavy atom. The second-order valence-electron chi connectivity index (χ2n) is 13.0. The maximum atomic E-state index is 6.62. The normalized spacial score (nSPS) is 15.9. The van der Waals surface area contributed by atoms with Gasteiger partial charge in [0.05, 0.1) is 17.2 Å². The van der Waals surface area contributed by atoms with Crippen molar-refractivity contribution in [1.82, 2.24) is 0 Å². The van der Waals surface area contributed by atoms with Crippen molar-refractivity contribution in [2.24, 2.45) is 4.99 Å². The van der Waals surface area contributed by atoms with Gasteiger partial charge in [-0.1, -0.05) is 176 Å². The highest BCUT2D eigenvalue weighted by Crippen LogP contribution is 2.56. The molecule has 0 saturated carbocycles. The van der Waals surface area contributed by atoms with Crippen molar-refractivity contribution in [1.29, 1.82) is 0 Å². The van der Waals surface area contributed by atoms with Crippen LogP contribution in [-0.4, -0.2) is 5.71 Å². The van der Waals surface area contributed by atoms with Crippen LogP contribution in [0.2, 0.25) is 0 Å². The van der Waals surface area contributed by atoms with E-state index in [1.54, 1.807) is 0 Å². The molecule has 2 nitrogen and oxygen atoms in total. The lowest BCUT2D eigenvalue weighted by molar-refractivity contribution is 0.434. The van der Waals surface area contributed by atoms with E-state index < -0.39 is 5.41 Å². The zero-order valence-corrected chi connectivity index (χ0v) is 27.6. The first-order valence-corrected chi connectivity index (χ1v) is 17.3. The third kappa shape index (κ3) is 5.00. The summed E-state index contributed by atoms with van der Waals surface area (Å²) in [5.41, 5.74) is 12.2. The average Bonchev–Trinajstić information content (AvgIpc) is 3.21. The largest absolute Gasteiger partial charge is 0.457 e. The minimum Gasteiger partial charge on any atom is -0.457 e. The number of para-hydroxylation sites is 2. The second-order valence-corrected chi connectivity index (χ2v) is 13.0. The molecule has 0 spiro atoms. The van der Waals surface area contributed by atoms with E-state index >= 15 is 0 Å². The number of benzene rings is 7. The fraction of sp³-hybridized carbons (Fsp3) is 0.0625. The Balaban J connectivity index is 1.32. The number of fused-ring (bicyclic) bond motifs is 2. The van der Waals surface area contributed by atoms with E-state index in [4.69, 9.17) is 9.73 Å². The first-order valence-electron chi connectivity index (χ1n) is 17.3. The standard InChI is InChI=1S/C48H35NO/c1-4-18-34(19-5-1)36-32-44(39-25-11-10-24-38(39)35-20-6-2-7-21-35)49-45(33-36)40-26-12-13-27-41(40)48(37-22-8-3-9-23-37)42-28-14-16-30-46(42)50-47-31-17-15-29-43(47)48/h1-31,33,44H,32H2. The Bertz CT molecular complexity index is 2330. The first-order chi connectivity index (χ1) is 24.8. The Kier molecular flexibility index (Phi) is 7.55. The molecular weight excluding hydrogens is 607 g/mol. The lowest BCUT2D eigenvalue weighted by Gasteiger charge is -2.42. The number of nitrogens with zero attached hydrogens (tertiary/aromatic N) is 1. The van der Waals surface area contributed by atoms with Gasteiger partial charge in [0.2, 0.25) is 0 Å². The minimum atomic E-state index is -0.651. The van der Waals surface area contributed by atoms with Gasteiger partial charge >= 0.3 is 0 Å². The summed E-state index contributed by atoms with van der Waals surface area (Å²) < 4.78 is 6.62. The topological polar surface area (TPSA) is 21.6 Å². The van der Waals surface area contributed by atoms with Crippen molar-refractivity contribution in [2.75, 3.05) is 0 Å². The smallest absolute Gasteiger partial charge is 0.132 e. The lowest BCUT2D eigenvalue weighted by Crippen LogP contribution is -2.35. The maximum absolute atomic E-state index is 6.62. The van der Waals surface area contributed by atoms with Crippen LogP contribution in [0.3, 0.4) is 0 Å². The third-order valence-corrected chi connectivity index (χ3v) is 10.2. The van der Waals surface area contributed by atoms with E-state index in [1.165, 1.54) is 39.0 Å². The number of allylic oxidation sites excluding steroid dienone is 1. The maximum Gasteiger partial charge on any atom is 0.132 e. The summed E-state index contributed by atoms with van der Waals surface area (Å²) in [4.78, 5) is 5.69. The van der Waals surface area contributed by atoms with Crippen LogP contribution in [0, 0.1) is 0 Å². The SMILES string of the molecule is C1=C(c2ccccc2)CC(c2ccccc2-c2ccccc2)N=C1c1ccccc1C1(c2ccccc2)c2ccccc2Oc2ccccc21. The van der Waals surface area contributed by atoms with Gasteiger partial charge in [-0.2, -0.15) is 0 Å². The van der Waals surface area contributed by atoms with E-state index in [0.29, 0.717) is 0 Å². The molecule has 0 saturated heterocycles. The van der Waals surface area contributed by atoms with Crippen LogP contribution < -0.4 is 4.74 Å². The Labute approximate surface area is 293 Å². The molecule has 2 aliphatic heterocycles. The summed E-state index contributed by atoms with van der Waals surface area (Å²) in [5, 5.41) is 0. The number of hydrogen-bond donors (Lipinski definition) is 0. The zero-order chi connectivity index (χ0) is 33.3. The summed E-state index contributed by atoms with van der Waals surface area (Å²) in [6.45, 7) is 0. The lowest BCUT2D eigenvalue weighted by atomic mass is 9.62. The number of aliphatic imine (C=N–C) groups is 1. The van der Waals surface area contributed by atoms with Gasteiger partial charge in [-0.3, -0.25) is 4.99 Å². The summed E-state index contributed by atoms with van der Waals surface area (Å²) in [6, 6.07) is 66.9. The van der Waals surface area contributed by atoms with Gasteiger partial charge in [0.25, 0.3) is 0 Å². The predicted molar refractivity (Wildman–Crippen MR) is 205 cm³/mol. The molecule has 9 rings (SSSR count). The quantitative estimate of drug-likeness (QED) is 0.177. The Morgan fingerprint density at radius 2 is 0.960 bits per heavy atom. The molecule has 0 amide bonds. The molecule has 7 aromatic carbocycles. The monoisotopic (exact) mass is 641 g/mol. The van der Waals surface area contributed by atoms with Crippen LogP contribution in [0.15, 0.2) is 199 Å².